The van der Waals surface area contributed by atoms with Gasteiger partial charge < -0.3 is 14.4 Å². The Hall–Kier alpha value is -2.04. The Morgan fingerprint density at radius 2 is 2.05 bits per heavy atom. The Bertz CT molecular complexity index is 474. The van der Waals surface area contributed by atoms with Crippen LogP contribution < -0.4 is 4.74 Å². The van der Waals surface area contributed by atoms with E-state index in [-0.39, 0.29) is 18.3 Å². The fraction of sp³-hybridized carbons (Fsp3) is 0.500. The van der Waals surface area contributed by atoms with Gasteiger partial charge in [0.15, 0.2) is 0 Å². The van der Waals surface area contributed by atoms with Gasteiger partial charge in [-0.2, -0.15) is 0 Å². The topological polar surface area (TPSA) is 55.8 Å². The second-order valence-corrected chi connectivity index (χ2v) is 4.91. The minimum absolute atomic E-state index is 0.0542. The van der Waals surface area contributed by atoms with E-state index in [1.807, 2.05) is 30.3 Å². The fourth-order valence-corrected chi connectivity index (χ4v) is 2.47. The van der Waals surface area contributed by atoms with Gasteiger partial charge in [0.1, 0.15) is 11.8 Å². The summed E-state index contributed by atoms with van der Waals surface area (Å²) >= 11 is 0. The van der Waals surface area contributed by atoms with E-state index >= 15 is 0 Å². The molecule has 0 bridgehead atoms. The highest BCUT2D eigenvalue weighted by Gasteiger charge is 2.34. The largest absolute Gasteiger partial charge is 0.493 e. The van der Waals surface area contributed by atoms with E-state index < -0.39 is 6.04 Å². The quantitative estimate of drug-likeness (QED) is 0.752. The monoisotopic (exact) mass is 291 g/mol. The van der Waals surface area contributed by atoms with Gasteiger partial charge >= 0.3 is 5.97 Å². The summed E-state index contributed by atoms with van der Waals surface area (Å²) < 4.78 is 10.5. The van der Waals surface area contributed by atoms with Gasteiger partial charge in [-0.25, -0.2) is 4.79 Å². The Morgan fingerprint density at radius 3 is 2.76 bits per heavy atom. The second-order valence-electron chi connectivity index (χ2n) is 4.91. The summed E-state index contributed by atoms with van der Waals surface area (Å²) in [6.45, 7) is 3.05. The molecule has 0 spiro atoms. The Labute approximate surface area is 124 Å². The van der Waals surface area contributed by atoms with Crippen LogP contribution in [0.2, 0.25) is 0 Å². The number of hydrogen-bond acceptors (Lipinski definition) is 4. The molecule has 0 radical (unpaired) electrons. The number of nitrogens with zero attached hydrogens (tertiary/aromatic N) is 1. The smallest absolute Gasteiger partial charge is 0.328 e. The maximum absolute atomic E-state index is 12.2. The standard InChI is InChI=1S/C16H21NO4/c1-2-20-16(19)14-9-6-11-17(14)15(18)10-12-21-13-7-4-3-5-8-13/h3-5,7-8,14H,2,6,9-12H2,1H3. The lowest BCUT2D eigenvalue weighted by Gasteiger charge is -2.23. The molecule has 2 rings (SSSR count). The number of hydrogen-bond donors (Lipinski definition) is 0. The third-order valence-corrected chi connectivity index (χ3v) is 3.46. The van der Waals surface area contributed by atoms with Gasteiger partial charge in [-0.15, -0.1) is 0 Å². The molecule has 0 N–H and O–H groups in total. The van der Waals surface area contributed by atoms with E-state index in [1.165, 1.54) is 0 Å². The molecule has 0 aromatic heterocycles. The molecule has 5 nitrogen and oxygen atoms in total. The van der Waals surface area contributed by atoms with E-state index in [4.69, 9.17) is 9.47 Å². The first-order valence-corrected chi connectivity index (χ1v) is 7.36. The van der Waals surface area contributed by atoms with Crippen molar-refractivity contribution in [3.8, 4) is 5.75 Å². The van der Waals surface area contributed by atoms with Gasteiger partial charge in [0.2, 0.25) is 5.91 Å². The molecule has 1 aliphatic heterocycles. The molecule has 1 unspecified atom stereocenters. The molecule has 1 atom stereocenters. The SMILES string of the molecule is CCOC(=O)C1CCCN1C(=O)CCOc1ccccc1. The van der Waals surface area contributed by atoms with E-state index in [9.17, 15) is 9.59 Å². The molecule has 5 heteroatoms. The Morgan fingerprint density at radius 1 is 1.29 bits per heavy atom. The molecule has 1 aromatic carbocycles. The third-order valence-electron chi connectivity index (χ3n) is 3.46. The van der Waals surface area contributed by atoms with Crippen LogP contribution in [-0.4, -0.2) is 42.6 Å². The summed E-state index contributed by atoms with van der Waals surface area (Å²) in [5.74, 6) is 0.391. The maximum Gasteiger partial charge on any atom is 0.328 e. The predicted octanol–water partition coefficient (Wildman–Crippen LogP) is 2.01. The van der Waals surface area contributed by atoms with Crippen molar-refractivity contribution in [1.82, 2.24) is 4.90 Å². The van der Waals surface area contributed by atoms with Crippen LogP contribution in [0.3, 0.4) is 0 Å². The first kappa shape index (κ1) is 15.4. The summed E-state index contributed by atoms with van der Waals surface area (Å²) in [5, 5.41) is 0. The normalized spacial score (nSPS) is 17.6. The molecule has 1 amide bonds. The van der Waals surface area contributed by atoms with Crippen LogP contribution >= 0.6 is 0 Å². The Kier molecular flexibility index (Phi) is 5.60. The highest BCUT2D eigenvalue weighted by molar-refractivity contribution is 5.85. The van der Waals surface area contributed by atoms with E-state index in [1.54, 1.807) is 11.8 Å². The van der Waals surface area contributed by atoms with E-state index in [0.29, 0.717) is 26.2 Å². The lowest BCUT2D eigenvalue weighted by atomic mass is 10.2. The number of rotatable bonds is 6. The van der Waals surface area contributed by atoms with Crippen LogP contribution in [0.1, 0.15) is 26.2 Å². The van der Waals surface area contributed by atoms with Crippen LogP contribution in [0.5, 0.6) is 5.75 Å². The average molecular weight is 291 g/mol. The maximum atomic E-state index is 12.2. The number of likely N-dealkylation sites (tertiary alicyclic amines) is 1. The molecule has 1 saturated heterocycles. The van der Waals surface area contributed by atoms with Crippen molar-refractivity contribution in [2.45, 2.75) is 32.2 Å². The van der Waals surface area contributed by atoms with Crippen molar-refractivity contribution in [2.24, 2.45) is 0 Å². The molecule has 21 heavy (non-hydrogen) atoms. The number of para-hydroxylation sites is 1. The number of carbonyl (C=O) groups is 2. The average Bonchev–Trinajstić information content (AvgIpc) is 2.98. The van der Waals surface area contributed by atoms with Crippen LogP contribution in [0, 0.1) is 0 Å². The van der Waals surface area contributed by atoms with Crippen LogP contribution in [-0.2, 0) is 14.3 Å². The first-order chi connectivity index (χ1) is 10.2. The van der Waals surface area contributed by atoms with Crippen molar-refractivity contribution in [3.63, 3.8) is 0 Å². The summed E-state index contributed by atoms with van der Waals surface area (Å²) in [6, 6.07) is 8.95. The van der Waals surface area contributed by atoms with Crippen molar-refractivity contribution in [3.05, 3.63) is 30.3 Å². The number of ether oxygens (including phenoxy) is 2. The van der Waals surface area contributed by atoms with Crippen LogP contribution in [0.25, 0.3) is 0 Å². The van der Waals surface area contributed by atoms with Crippen LogP contribution in [0.4, 0.5) is 0 Å². The highest BCUT2D eigenvalue weighted by atomic mass is 16.5. The van der Waals surface area contributed by atoms with Crippen molar-refractivity contribution < 1.29 is 19.1 Å². The lowest BCUT2D eigenvalue weighted by molar-refractivity contribution is -0.153. The van der Waals surface area contributed by atoms with Crippen molar-refractivity contribution in [2.75, 3.05) is 19.8 Å². The van der Waals surface area contributed by atoms with Crippen molar-refractivity contribution >= 4 is 11.9 Å². The van der Waals surface area contributed by atoms with Gasteiger partial charge in [0.25, 0.3) is 0 Å². The fourth-order valence-electron chi connectivity index (χ4n) is 2.47. The summed E-state index contributed by atoms with van der Waals surface area (Å²) in [4.78, 5) is 25.6. The van der Waals surface area contributed by atoms with Gasteiger partial charge in [-0.05, 0) is 31.9 Å². The second kappa shape index (κ2) is 7.67. The molecule has 1 heterocycles. The minimum Gasteiger partial charge on any atom is -0.493 e. The summed E-state index contributed by atoms with van der Waals surface area (Å²) in [7, 11) is 0. The number of carbonyl (C=O) groups excluding carboxylic acids is 2. The molecule has 1 fully saturated rings. The molecule has 1 aromatic rings. The molecule has 1 aliphatic rings. The van der Waals surface area contributed by atoms with Gasteiger partial charge in [0, 0.05) is 6.54 Å². The van der Waals surface area contributed by atoms with E-state index in [2.05, 4.69) is 0 Å². The number of amides is 1. The van der Waals surface area contributed by atoms with E-state index in [0.717, 1.165) is 12.2 Å². The molecule has 0 saturated carbocycles. The highest BCUT2D eigenvalue weighted by Crippen LogP contribution is 2.19. The summed E-state index contributed by atoms with van der Waals surface area (Å²) in [6.07, 6.45) is 1.80. The molecular formula is C16H21NO4. The zero-order valence-corrected chi connectivity index (χ0v) is 12.3. The van der Waals surface area contributed by atoms with Gasteiger partial charge in [-0.1, -0.05) is 18.2 Å². The van der Waals surface area contributed by atoms with Crippen LogP contribution in [0.15, 0.2) is 30.3 Å². The minimum atomic E-state index is -0.422. The zero-order chi connectivity index (χ0) is 15.1. The number of esters is 1. The van der Waals surface area contributed by atoms with Crippen molar-refractivity contribution in [1.29, 1.82) is 0 Å². The van der Waals surface area contributed by atoms with Gasteiger partial charge in [-0.3, -0.25) is 4.79 Å². The Balaban J connectivity index is 1.80. The molecule has 114 valence electrons. The first-order valence-electron chi connectivity index (χ1n) is 7.36. The number of benzene rings is 1. The third kappa shape index (κ3) is 4.21. The van der Waals surface area contributed by atoms with Gasteiger partial charge in [0.05, 0.1) is 19.6 Å². The molecular weight excluding hydrogens is 270 g/mol. The summed E-state index contributed by atoms with van der Waals surface area (Å²) in [5.41, 5.74) is 0. The zero-order valence-electron chi connectivity index (χ0n) is 12.3. The predicted molar refractivity (Wildman–Crippen MR) is 77.9 cm³/mol. The lowest BCUT2D eigenvalue weighted by Crippen LogP contribution is -2.41. The molecule has 0 aliphatic carbocycles.